The topological polar surface area (TPSA) is 52.1 Å². The zero-order chi connectivity index (χ0) is 22.3. The van der Waals surface area contributed by atoms with Crippen LogP contribution in [0.25, 0.3) is 0 Å². The molecule has 2 saturated heterocycles. The normalized spacial score (nSPS) is 20.6. The molecule has 31 heavy (non-hydrogen) atoms. The fraction of sp³-hybridized carbons (Fsp3) is 0.696. The molecule has 8 heteroatoms. The van der Waals surface area contributed by atoms with E-state index in [9.17, 15) is 8.78 Å². The Morgan fingerprint density at radius 1 is 1.13 bits per heavy atom. The average molecular weight is 438 g/mol. The van der Waals surface area contributed by atoms with Crippen molar-refractivity contribution in [3.05, 3.63) is 29.3 Å². The van der Waals surface area contributed by atoms with E-state index in [4.69, 9.17) is 0 Å². The van der Waals surface area contributed by atoms with Crippen LogP contribution in [0.5, 0.6) is 5.75 Å². The highest BCUT2D eigenvalue weighted by molar-refractivity contribution is 5.79. The quantitative estimate of drug-likeness (QED) is 0.507. The predicted molar refractivity (Wildman–Crippen MR) is 121 cm³/mol. The maximum Gasteiger partial charge on any atom is 0.387 e. The van der Waals surface area contributed by atoms with Gasteiger partial charge in [-0.3, -0.25) is 9.89 Å². The number of guanidine groups is 1. The molecule has 0 bridgehead atoms. The third-order valence-electron chi connectivity index (χ3n) is 6.63. The van der Waals surface area contributed by atoms with E-state index in [0.29, 0.717) is 18.1 Å². The van der Waals surface area contributed by atoms with Crippen LogP contribution in [-0.4, -0.2) is 74.7 Å². The number of benzene rings is 1. The van der Waals surface area contributed by atoms with Gasteiger partial charge >= 0.3 is 6.61 Å². The molecule has 2 heterocycles. The number of aryl methyl sites for hydroxylation is 1. The van der Waals surface area contributed by atoms with Gasteiger partial charge in [0.05, 0.1) is 0 Å². The summed E-state index contributed by atoms with van der Waals surface area (Å²) in [6.07, 6.45) is 6.13. The third kappa shape index (κ3) is 6.53. The molecule has 2 N–H and O–H groups in total. The van der Waals surface area contributed by atoms with Crippen molar-refractivity contribution in [3.63, 3.8) is 0 Å². The number of ether oxygens (including phenoxy) is 1. The molecule has 6 nitrogen and oxygen atoms in total. The number of aliphatic imine (C=N–C) groups is 1. The monoisotopic (exact) mass is 437 g/mol. The van der Waals surface area contributed by atoms with E-state index < -0.39 is 6.61 Å². The first-order valence-corrected chi connectivity index (χ1v) is 11.3. The lowest BCUT2D eigenvalue weighted by Crippen LogP contribution is -2.62. The SMILES string of the molecule is CN=C(NCc1cc(C)ccc1OC(F)F)NCC1(N2CCCCC2)CCN(C)CC1. The number of nitrogens with one attached hydrogen (secondary N) is 2. The van der Waals surface area contributed by atoms with Crippen molar-refractivity contribution >= 4 is 5.96 Å². The van der Waals surface area contributed by atoms with Gasteiger partial charge in [0, 0.05) is 31.2 Å². The second kappa shape index (κ2) is 11.1. The number of hydrogen-bond acceptors (Lipinski definition) is 4. The lowest BCUT2D eigenvalue weighted by molar-refractivity contribution is -0.0504. The zero-order valence-corrected chi connectivity index (χ0v) is 19.1. The van der Waals surface area contributed by atoms with Crippen LogP contribution in [0, 0.1) is 6.92 Å². The summed E-state index contributed by atoms with van der Waals surface area (Å²) in [5, 5.41) is 6.81. The molecule has 0 spiro atoms. The number of likely N-dealkylation sites (tertiary alicyclic amines) is 2. The molecule has 1 aromatic carbocycles. The van der Waals surface area contributed by atoms with Crippen molar-refractivity contribution in [2.75, 3.05) is 46.8 Å². The van der Waals surface area contributed by atoms with Gasteiger partial charge in [0.2, 0.25) is 0 Å². The summed E-state index contributed by atoms with van der Waals surface area (Å²) in [6.45, 7) is 4.81. The predicted octanol–water partition coefficient (Wildman–Crippen LogP) is 3.21. The molecular formula is C23H37F2N5O. The Balaban J connectivity index is 1.63. The van der Waals surface area contributed by atoms with E-state index in [1.54, 1.807) is 19.2 Å². The summed E-state index contributed by atoms with van der Waals surface area (Å²) in [5.41, 5.74) is 1.82. The van der Waals surface area contributed by atoms with Crippen molar-refractivity contribution in [1.29, 1.82) is 0 Å². The van der Waals surface area contributed by atoms with Crippen molar-refractivity contribution in [2.24, 2.45) is 4.99 Å². The minimum Gasteiger partial charge on any atom is -0.434 e. The van der Waals surface area contributed by atoms with Crippen molar-refractivity contribution < 1.29 is 13.5 Å². The maximum absolute atomic E-state index is 12.8. The first-order valence-electron chi connectivity index (χ1n) is 11.3. The first-order chi connectivity index (χ1) is 14.9. The van der Waals surface area contributed by atoms with Gasteiger partial charge < -0.3 is 20.3 Å². The fourth-order valence-electron chi connectivity index (χ4n) is 4.71. The van der Waals surface area contributed by atoms with E-state index in [1.165, 1.54) is 19.3 Å². The van der Waals surface area contributed by atoms with E-state index in [-0.39, 0.29) is 11.3 Å². The minimum absolute atomic E-state index is 0.137. The number of alkyl halides is 2. The molecule has 2 aliphatic heterocycles. The van der Waals surface area contributed by atoms with Crippen LogP contribution >= 0.6 is 0 Å². The van der Waals surface area contributed by atoms with Crippen LogP contribution in [-0.2, 0) is 6.54 Å². The summed E-state index contributed by atoms with van der Waals surface area (Å²) in [6, 6.07) is 5.24. The number of piperidine rings is 2. The summed E-state index contributed by atoms with van der Waals surface area (Å²) in [5.74, 6) is 0.878. The van der Waals surface area contributed by atoms with E-state index in [1.807, 2.05) is 13.0 Å². The Bertz CT molecular complexity index is 729. The summed E-state index contributed by atoms with van der Waals surface area (Å²) in [7, 11) is 3.93. The number of nitrogens with zero attached hydrogens (tertiary/aromatic N) is 3. The Labute approximate surface area is 185 Å². The molecule has 2 fully saturated rings. The van der Waals surface area contributed by atoms with Crippen molar-refractivity contribution in [3.8, 4) is 5.75 Å². The first kappa shape index (κ1) is 23.7. The van der Waals surface area contributed by atoms with Gasteiger partial charge in [0.1, 0.15) is 5.75 Å². The van der Waals surface area contributed by atoms with Crippen molar-refractivity contribution in [1.82, 2.24) is 20.4 Å². The van der Waals surface area contributed by atoms with Gasteiger partial charge in [0.25, 0.3) is 0 Å². The molecule has 0 radical (unpaired) electrons. The molecule has 0 atom stereocenters. The molecule has 0 saturated carbocycles. The van der Waals surface area contributed by atoms with Gasteiger partial charge in [-0.1, -0.05) is 24.1 Å². The molecular weight excluding hydrogens is 400 g/mol. The maximum atomic E-state index is 12.8. The molecule has 0 aromatic heterocycles. The van der Waals surface area contributed by atoms with E-state index >= 15 is 0 Å². The standard InChI is InChI=1S/C23H37F2N5O/c1-18-7-8-20(31-21(24)25)19(15-18)16-27-22(26-2)28-17-23(9-13-29(3)14-10-23)30-11-5-4-6-12-30/h7-8,15,21H,4-6,9-14,16-17H2,1-3H3,(H2,26,27,28). The largest absolute Gasteiger partial charge is 0.434 e. The smallest absolute Gasteiger partial charge is 0.387 e. The van der Waals surface area contributed by atoms with Gasteiger partial charge in [0.15, 0.2) is 5.96 Å². The summed E-state index contributed by atoms with van der Waals surface area (Å²) >= 11 is 0. The van der Waals surface area contributed by atoms with Crippen LogP contribution in [0.4, 0.5) is 8.78 Å². The fourth-order valence-corrected chi connectivity index (χ4v) is 4.71. The second-order valence-corrected chi connectivity index (χ2v) is 8.84. The Kier molecular flexibility index (Phi) is 8.49. The van der Waals surface area contributed by atoms with Crippen LogP contribution < -0.4 is 15.4 Å². The Morgan fingerprint density at radius 3 is 2.48 bits per heavy atom. The van der Waals surface area contributed by atoms with Crippen LogP contribution in [0.1, 0.15) is 43.2 Å². The number of hydrogen-bond donors (Lipinski definition) is 2. The van der Waals surface area contributed by atoms with Crippen LogP contribution in [0.15, 0.2) is 23.2 Å². The Hall–Kier alpha value is -1.93. The third-order valence-corrected chi connectivity index (χ3v) is 6.63. The van der Waals surface area contributed by atoms with Crippen molar-refractivity contribution in [2.45, 2.75) is 57.7 Å². The highest BCUT2D eigenvalue weighted by Crippen LogP contribution is 2.31. The van der Waals surface area contributed by atoms with Gasteiger partial charge in [-0.05, 0) is 71.9 Å². The lowest BCUT2D eigenvalue weighted by atomic mass is 9.84. The molecule has 0 amide bonds. The summed E-state index contributed by atoms with van der Waals surface area (Å²) in [4.78, 5) is 9.45. The molecule has 1 aromatic rings. The van der Waals surface area contributed by atoms with E-state index in [0.717, 1.165) is 51.1 Å². The van der Waals surface area contributed by atoms with Crippen LogP contribution in [0.3, 0.4) is 0 Å². The molecule has 2 aliphatic rings. The van der Waals surface area contributed by atoms with Gasteiger partial charge in [-0.25, -0.2) is 0 Å². The zero-order valence-electron chi connectivity index (χ0n) is 19.1. The molecule has 174 valence electrons. The Morgan fingerprint density at radius 2 is 1.84 bits per heavy atom. The lowest BCUT2D eigenvalue weighted by Gasteiger charge is -2.50. The highest BCUT2D eigenvalue weighted by Gasteiger charge is 2.39. The number of rotatable bonds is 7. The number of halogens is 2. The van der Waals surface area contributed by atoms with Gasteiger partial charge in [-0.15, -0.1) is 0 Å². The van der Waals surface area contributed by atoms with Gasteiger partial charge in [-0.2, -0.15) is 8.78 Å². The average Bonchev–Trinajstić information content (AvgIpc) is 2.77. The molecule has 3 rings (SSSR count). The van der Waals surface area contributed by atoms with E-state index in [2.05, 4.69) is 37.2 Å². The second-order valence-electron chi connectivity index (χ2n) is 8.84. The highest BCUT2D eigenvalue weighted by atomic mass is 19.3. The minimum atomic E-state index is -2.84. The van der Waals surface area contributed by atoms with Crippen LogP contribution in [0.2, 0.25) is 0 Å². The summed E-state index contributed by atoms with van der Waals surface area (Å²) < 4.78 is 30.2. The molecule has 0 unspecified atom stereocenters. The molecule has 0 aliphatic carbocycles.